The van der Waals surface area contributed by atoms with E-state index in [0.717, 1.165) is 23.8 Å². The van der Waals surface area contributed by atoms with Gasteiger partial charge >= 0.3 is 0 Å². The first kappa shape index (κ1) is 14.8. The number of rotatable bonds is 5. The molecule has 3 heteroatoms. The Morgan fingerprint density at radius 2 is 2.10 bits per heavy atom. The Labute approximate surface area is 122 Å². The molecule has 2 rings (SSSR count). The van der Waals surface area contributed by atoms with E-state index in [0.29, 0.717) is 11.0 Å². The zero-order valence-electron chi connectivity index (χ0n) is 12.9. The molecule has 1 fully saturated rings. The summed E-state index contributed by atoms with van der Waals surface area (Å²) in [6.07, 6.45) is 8.30. The van der Waals surface area contributed by atoms with Gasteiger partial charge in [-0.25, -0.2) is 4.98 Å². The SMILES string of the molecule is Cc1ccnc(NCC2(CC(C)C)CCCC2)c1C#N. The van der Waals surface area contributed by atoms with E-state index in [1.54, 1.807) is 6.20 Å². The lowest BCUT2D eigenvalue weighted by Crippen LogP contribution is -2.29. The molecule has 1 aromatic rings. The third-order valence-electron chi connectivity index (χ3n) is 4.41. The van der Waals surface area contributed by atoms with Gasteiger partial charge in [-0.15, -0.1) is 0 Å². The maximum atomic E-state index is 9.27. The molecule has 0 atom stereocenters. The fraction of sp³-hybridized carbons (Fsp3) is 0.647. The van der Waals surface area contributed by atoms with Crippen LogP contribution in [0.2, 0.25) is 0 Å². The summed E-state index contributed by atoms with van der Waals surface area (Å²) in [6, 6.07) is 4.16. The number of anilines is 1. The van der Waals surface area contributed by atoms with Gasteiger partial charge in [-0.1, -0.05) is 26.7 Å². The van der Waals surface area contributed by atoms with Crippen LogP contribution in [0, 0.1) is 29.6 Å². The molecule has 0 saturated heterocycles. The molecule has 0 aromatic carbocycles. The second-order valence-corrected chi connectivity index (χ2v) is 6.62. The molecule has 1 aromatic heterocycles. The molecule has 0 bridgehead atoms. The van der Waals surface area contributed by atoms with Crippen molar-refractivity contribution < 1.29 is 0 Å². The number of aryl methyl sites for hydroxylation is 1. The van der Waals surface area contributed by atoms with E-state index in [-0.39, 0.29) is 0 Å². The van der Waals surface area contributed by atoms with Crippen molar-refractivity contribution >= 4 is 5.82 Å². The molecule has 108 valence electrons. The number of aromatic nitrogens is 1. The average Bonchev–Trinajstić information content (AvgIpc) is 2.84. The topological polar surface area (TPSA) is 48.7 Å². The van der Waals surface area contributed by atoms with E-state index in [4.69, 9.17) is 0 Å². The maximum Gasteiger partial charge on any atom is 0.144 e. The summed E-state index contributed by atoms with van der Waals surface area (Å²) in [4.78, 5) is 4.35. The van der Waals surface area contributed by atoms with E-state index in [1.807, 2.05) is 13.0 Å². The lowest BCUT2D eigenvalue weighted by Gasteiger charge is -2.31. The van der Waals surface area contributed by atoms with Crippen LogP contribution in [0.25, 0.3) is 0 Å². The molecule has 1 aliphatic carbocycles. The van der Waals surface area contributed by atoms with Crippen LogP contribution in [-0.4, -0.2) is 11.5 Å². The summed E-state index contributed by atoms with van der Waals surface area (Å²) in [6.45, 7) is 7.50. The van der Waals surface area contributed by atoms with Crippen LogP contribution < -0.4 is 5.32 Å². The van der Waals surface area contributed by atoms with Gasteiger partial charge in [0.05, 0.1) is 5.56 Å². The van der Waals surface area contributed by atoms with Crippen molar-refractivity contribution in [2.24, 2.45) is 11.3 Å². The highest BCUT2D eigenvalue weighted by Crippen LogP contribution is 2.43. The Hall–Kier alpha value is -1.56. The van der Waals surface area contributed by atoms with Gasteiger partial charge in [0.2, 0.25) is 0 Å². The van der Waals surface area contributed by atoms with Gasteiger partial charge in [-0.3, -0.25) is 0 Å². The Morgan fingerprint density at radius 3 is 2.70 bits per heavy atom. The molecule has 3 nitrogen and oxygen atoms in total. The van der Waals surface area contributed by atoms with Crippen molar-refractivity contribution in [2.45, 2.75) is 52.9 Å². The van der Waals surface area contributed by atoms with Gasteiger partial charge in [0.25, 0.3) is 0 Å². The van der Waals surface area contributed by atoms with Gasteiger partial charge in [0, 0.05) is 12.7 Å². The summed E-state index contributed by atoms with van der Waals surface area (Å²) in [5, 5.41) is 12.7. The molecular formula is C17H25N3. The molecule has 1 saturated carbocycles. The third kappa shape index (κ3) is 3.30. The monoisotopic (exact) mass is 271 g/mol. The molecule has 20 heavy (non-hydrogen) atoms. The van der Waals surface area contributed by atoms with Crippen LogP contribution in [0.3, 0.4) is 0 Å². The molecule has 0 aliphatic heterocycles. The first-order valence-electron chi connectivity index (χ1n) is 7.66. The van der Waals surface area contributed by atoms with Gasteiger partial charge in [0.15, 0.2) is 0 Å². The highest BCUT2D eigenvalue weighted by atomic mass is 15.0. The van der Waals surface area contributed by atoms with E-state index in [9.17, 15) is 5.26 Å². The van der Waals surface area contributed by atoms with Crippen LogP contribution >= 0.6 is 0 Å². The van der Waals surface area contributed by atoms with Crippen LogP contribution in [0.4, 0.5) is 5.82 Å². The van der Waals surface area contributed by atoms with E-state index >= 15 is 0 Å². The minimum atomic E-state index is 0.395. The summed E-state index contributed by atoms with van der Waals surface area (Å²) in [7, 11) is 0. The minimum absolute atomic E-state index is 0.395. The predicted octanol–water partition coefficient (Wildman–Crippen LogP) is 4.28. The van der Waals surface area contributed by atoms with Crippen LogP contribution in [0.1, 0.15) is 57.1 Å². The Bertz CT molecular complexity index is 493. The highest BCUT2D eigenvalue weighted by Gasteiger charge is 2.34. The van der Waals surface area contributed by atoms with E-state index in [2.05, 4.69) is 30.2 Å². The van der Waals surface area contributed by atoms with Crippen molar-refractivity contribution in [3.05, 3.63) is 23.4 Å². The second-order valence-electron chi connectivity index (χ2n) is 6.62. The zero-order chi connectivity index (χ0) is 14.6. The first-order valence-corrected chi connectivity index (χ1v) is 7.66. The van der Waals surface area contributed by atoms with Gasteiger partial charge in [-0.05, 0) is 49.1 Å². The number of nitriles is 1. The van der Waals surface area contributed by atoms with Crippen molar-refractivity contribution in [1.29, 1.82) is 5.26 Å². The Kier molecular flexibility index (Phi) is 4.65. The molecular weight excluding hydrogens is 246 g/mol. The zero-order valence-corrected chi connectivity index (χ0v) is 12.9. The summed E-state index contributed by atoms with van der Waals surface area (Å²) in [5.41, 5.74) is 2.08. The number of pyridine rings is 1. The lowest BCUT2D eigenvalue weighted by atomic mass is 9.78. The highest BCUT2D eigenvalue weighted by molar-refractivity contribution is 5.55. The Morgan fingerprint density at radius 1 is 1.40 bits per heavy atom. The van der Waals surface area contributed by atoms with Crippen LogP contribution in [0.5, 0.6) is 0 Å². The molecule has 1 heterocycles. The molecule has 1 aliphatic rings. The number of hydrogen-bond donors (Lipinski definition) is 1. The number of nitrogens with zero attached hydrogens (tertiary/aromatic N) is 2. The molecule has 0 amide bonds. The average molecular weight is 271 g/mol. The van der Waals surface area contributed by atoms with Gasteiger partial charge in [-0.2, -0.15) is 5.26 Å². The Balaban J connectivity index is 2.11. The predicted molar refractivity (Wildman–Crippen MR) is 82.5 cm³/mol. The molecule has 0 unspecified atom stereocenters. The van der Waals surface area contributed by atoms with Crippen molar-refractivity contribution in [3.63, 3.8) is 0 Å². The maximum absolute atomic E-state index is 9.27. The quantitative estimate of drug-likeness (QED) is 0.869. The van der Waals surface area contributed by atoms with Crippen molar-refractivity contribution in [3.8, 4) is 6.07 Å². The standard InChI is InChI=1S/C17H25N3/c1-13(2)10-17(7-4-5-8-17)12-20-16-15(11-18)14(3)6-9-19-16/h6,9,13H,4-5,7-8,10,12H2,1-3H3,(H,19,20). The van der Waals surface area contributed by atoms with E-state index < -0.39 is 0 Å². The normalized spacial score (nSPS) is 17.1. The van der Waals surface area contributed by atoms with E-state index in [1.165, 1.54) is 32.1 Å². The first-order chi connectivity index (χ1) is 9.56. The minimum Gasteiger partial charge on any atom is -0.368 e. The second kappa shape index (κ2) is 6.26. The third-order valence-corrected chi connectivity index (χ3v) is 4.41. The molecule has 0 spiro atoms. The largest absolute Gasteiger partial charge is 0.368 e. The number of hydrogen-bond acceptors (Lipinski definition) is 3. The molecule has 0 radical (unpaired) electrons. The summed E-state index contributed by atoms with van der Waals surface area (Å²) >= 11 is 0. The van der Waals surface area contributed by atoms with Crippen LogP contribution in [-0.2, 0) is 0 Å². The summed E-state index contributed by atoms with van der Waals surface area (Å²) < 4.78 is 0. The van der Waals surface area contributed by atoms with Crippen molar-refractivity contribution in [2.75, 3.05) is 11.9 Å². The van der Waals surface area contributed by atoms with Gasteiger partial charge in [0.1, 0.15) is 11.9 Å². The fourth-order valence-corrected chi connectivity index (χ4v) is 3.55. The molecule has 1 N–H and O–H groups in total. The smallest absolute Gasteiger partial charge is 0.144 e. The van der Waals surface area contributed by atoms with Crippen LogP contribution in [0.15, 0.2) is 12.3 Å². The fourth-order valence-electron chi connectivity index (χ4n) is 3.55. The van der Waals surface area contributed by atoms with Crippen molar-refractivity contribution in [1.82, 2.24) is 4.98 Å². The number of nitrogens with one attached hydrogen (secondary N) is 1. The lowest BCUT2D eigenvalue weighted by molar-refractivity contribution is 0.252. The summed E-state index contributed by atoms with van der Waals surface area (Å²) in [5.74, 6) is 1.47. The van der Waals surface area contributed by atoms with Gasteiger partial charge < -0.3 is 5.32 Å².